The lowest BCUT2D eigenvalue weighted by Crippen LogP contribution is -2.24. The number of hydrogen-bond acceptors (Lipinski definition) is 5. The highest BCUT2D eigenvalue weighted by Crippen LogP contribution is 2.25. The number of hydrogen-bond donors (Lipinski definition) is 1. The van der Waals surface area contributed by atoms with E-state index in [1.54, 1.807) is 23.0 Å². The molecular weight excluding hydrogens is 483 g/mol. The lowest BCUT2D eigenvalue weighted by Gasteiger charge is -2.10. The summed E-state index contributed by atoms with van der Waals surface area (Å²) in [6.07, 6.45) is 7.97. The molecule has 0 unspecified atom stereocenters. The molecule has 190 valence electrons. The number of aryl methyl sites for hydroxylation is 3. The Kier molecular flexibility index (Phi) is 6.05. The van der Waals surface area contributed by atoms with E-state index in [2.05, 4.69) is 27.3 Å². The predicted molar refractivity (Wildman–Crippen MR) is 144 cm³/mol. The van der Waals surface area contributed by atoms with Gasteiger partial charge in [0, 0.05) is 53.1 Å². The number of fused-ring (bicyclic) bond motifs is 2. The first-order valence-corrected chi connectivity index (χ1v) is 12.4. The number of rotatable bonds is 7. The maximum atomic E-state index is 14.0. The number of pyridine rings is 1. The monoisotopic (exact) mass is 508 g/mol. The average Bonchev–Trinajstić information content (AvgIpc) is 3.52. The van der Waals surface area contributed by atoms with E-state index in [0.717, 1.165) is 38.5 Å². The Hall–Kier alpha value is -4.63. The number of benzene rings is 2. The third kappa shape index (κ3) is 4.48. The van der Waals surface area contributed by atoms with Gasteiger partial charge in [-0.2, -0.15) is 10.2 Å². The summed E-state index contributed by atoms with van der Waals surface area (Å²) < 4.78 is 18.9. The van der Waals surface area contributed by atoms with Gasteiger partial charge in [0.15, 0.2) is 5.82 Å². The molecule has 0 spiro atoms. The molecule has 0 aliphatic rings. The van der Waals surface area contributed by atoms with E-state index >= 15 is 0 Å². The topological polar surface area (TPSA) is 90.8 Å². The van der Waals surface area contributed by atoms with Gasteiger partial charge in [0.1, 0.15) is 5.82 Å². The van der Waals surface area contributed by atoms with Crippen LogP contribution in [0, 0.1) is 12.7 Å². The minimum Gasteiger partial charge on any atom is -0.394 e. The fraction of sp³-hybridized carbons (Fsp3) is 0.172. The summed E-state index contributed by atoms with van der Waals surface area (Å²) in [5.74, 6) is 0.237. The second kappa shape index (κ2) is 9.68. The van der Waals surface area contributed by atoms with Crippen LogP contribution >= 0.6 is 0 Å². The first kappa shape index (κ1) is 23.7. The number of halogens is 1. The van der Waals surface area contributed by atoms with Gasteiger partial charge in [-0.05, 0) is 66.9 Å². The molecule has 0 aliphatic heterocycles. The highest BCUT2D eigenvalue weighted by Gasteiger charge is 2.11. The van der Waals surface area contributed by atoms with Crippen LogP contribution in [-0.2, 0) is 19.5 Å². The van der Waals surface area contributed by atoms with Gasteiger partial charge in [-0.3, -0.25) is 19.0 Å². The van der Waals surface area contributed by atoms with Crippen LogP contribution < -0.4 is 5.56 Å². The van der Waals surface area contributed by atoms with Gasteiger partial charge in [0.2, 0.25) is 0 Å². The van der Waals surface area contributed by atoms with E-state index in [4.69, 9.17) is 5.11 Å². The highest BCUT2D eigenvalue weighted by molar-refractivity contribution is 5.85. The molecule has 0 bridgehead atoms. The second-order valence-corrected chi connectivity index (χ2v) is 9.31. The minimum absolute atomic E-state index is 0.0293. The molecule has 6 rings (SSSR count). The van der Waals surface area contributed by atoms with Crippen molar-refractivity contribution in [1.29, 1.82) is 0 Å². The summed E-state index contributed by atoms with van der Waals surface area (Å²) in [7, 11) is 0. The number of aliphatic hydroxyl groups excluding tert-OH is 1. The number of aliphatic hydroxyl groups is 1. The molecule has 0 amide bonds. The molecule has 9 heteroatoms. The Morgan fingerprint density at radius 3 is 2.71 bits per heavy atom. The normalized spacial score (nSPS) is 11.6. The zero-order valence-corrected chi connectivity index (χ0v) is 20.8. The van der Waals surface area contributed by atoms with E-state index in [-0.39, 0.29) is 18.0 Å². The molecule has 6 aromatic rings. The van der Waals surface area contributed by atoms with Crippen LogP contribution in [0.1, 0.15) is 11.1 Å². The Morgan fingerprint density at radius 1 is 0.947 bits per heavy atom. The molecule has 0 aliphatic carbocycles. The van der Waals surface area contributed by atoms with Crippen molar-refractivity contribution >= 4 is 21.8 Å². The van der Waals surface area contributed by atoms with E-state index in [9.17, 15) is 9.18 Å². The number of nitrogens with zero attached hydrogens (tertiary/aromatic N) is 6. The Morgan fingerprint density at radius 2 is 1.84 bits per heavy atom. The van der Waals surface area contributed by atoms with E-state index in [1.807, 2.05) is 42.2 Å². The molecule has 0 saturated carbocycles. The first-order valence-electron chi connectivity index (χ1n) is 12.4. The Bertz CT molecular complexity index is 1850. The first-order chi connectivity index (χ1) is 18.5. The maximum absolute atomic E-state index is 14.0. The zero-order valence-electron chi connectivity index (χ0n) is 20.8. The molecule has 0 radical (unpaired) electrons. The molecule has 0 atom stereocenters. The summed E-state index contributed by atoms with van der Waals surface area (Å²) in [4.78, 5) is 17.2. The van der Waals surface area contributed by atoms with Crippen LogP contribution in [0.5, 0.6) is 0 Å². The Labute approximate surface area is 217 Å². The van der Waals surface area contributed by atoms with Crippen molar-refractivity contribution in [3.8, 4) is 16.9 Å². The summed E-state index contributed by atoms with van der Waals surface area (Å²) in [5, 5.41) is 19.9. The van der Waals surface area contributed by atoms with Gasteiger partial charge < -0.3 is 5.11 Å². The molecule has 4 aromatic heterocycles. The fourth-order valence-corrected chi connectivity index (χ4v) is 4.75. The van der Waals surface area contributed by atoms with Gasteiger partial charge in [-0.1, -0.05) is 6.07 Å². The molecular formula is C29H25FN6O2. The SMILES string of the molecule is Cc1cn(-c2ccc(=O)n(CCc3ccc4ncc(-c5cnn(CCO)c5)cc4c3)n2)c2cc(F)ccc12. The van der Waals surface area contributed by atoms with Gasteiger partial charge >= 0.3 is 0 Å². The largest absolute Gasteiger partial charge is 0.394 e. The van der Waals surface area contributed by atoms with Crippen molar-refractivity contribution in [2.45, 2.75) is 26.4 Å². The predicted octanol–water partition coefficient (Wildman–Crippen LogP) is 4.28. The van der Waals surface area contributed by atoms with Gasteiger partial charge in [0.25, 0.3) is 5.56 Å². The minimum atomic E-state index is -0.321. The summed E-state index contributed by atoms with van der Waals surface area (Å²) in [5.41, 5.74) is 5.31. The van der Waals surface area contributed by atoms with Gasteiger partial charge in [0.05, 0.1) is 30.4 Å². The van der Waals surface area contributed by atoms with Crippen LogP contribution in [0.2, 0.25) is 0 Å². The maximum Gasteiger partial charge on any atom is 0.266 e. The summed E-state index contributed by atoms with van der Waals surface area (Å²) in [6, 6.07) is 16.0. The molecule has 4 heterocycles. The van der Waals surface area contributed by atoms with Crippen molar-refractivity contribution in [3.63, 3.8) is 0 Å². The van der Waals surface area contributed by atoms with Crippen LogP contribution in [-0.4, -0.2) is 40.8 Å². The van der Waals surface area contributed by atoms with Crippen LogP contribution in [0.4, 0.5) is 4.39 Å². The van der Waals surface area contributed by atoms with Crippen LogP contribution in [0.15, 0.2) is 84.2 Å². The van der Waals surface area contributed by atoms with Crippen molar-refractivity contribution in [2.75, 3.05) is 6.61 Å². The lowest BCUT2D eigenvalue weighted by atomic mass is 10.1. The standard InChI is InChI=1S/C29H25FN6O2/c1-19-17-35(27-14-24(30)3-4-25(19)27)28-6-7-29(38)36(33-28)9-8-20-2-5-26-21(12-20)13-22(15-31-26)23-16-32-34(18-23)10-11-37/h2-7,12-18,37H,8-11H2,1H3. The van der Waals surface area contributed by atoms with E-state index in [0.29, 0.717) is 30.8 Å². The van der Waals surface area contributed by atoms with Crippen LogP contribution in [0.25, 0.3) is 38.8 Å². The Balaban J connectivity index is 1.27. The molecule has 38 heavy (non-hydrogen) atoms. The van der Waals surface area contributed by atoms with Crippen molar-refractivity contribution < 1.29 is 9.50 Å². The number of aromatic nitrogens is 6. The second-order valence-electron chi connectivity index (χ2n) is 9.31. The molecule has 0 saturated heterocycles. The molecule has 1 N–H and O–H groups in total. The van der Waals surface area contributed by atoms with E-state index in [1.165, 1.54) is 22.9 Å². The smallest absolute Gasteiger partial charge is 0.266 e. The fourth-order valence-electron chi connectivity index (χ4n) is 4.75. The zero-order chi connectivity index (χ0) is 26.2. The molecule has 8 nitrogen and oxygen atoms in total. The third-order valence-corrected chi connectivity index (χ3v) is 6.72. The van der Waals surface area contributed by atoms with Crippen molar-refractivity contribution in [2.24, 2.45) is 0 Å². The summed E-state index contributed by atoms with van der Waals surface area (Å²) >= 11 is 0. The van der Waals surface area contributed by atoms with Crippen LogP contribution in [0.3, 0.4) is 0 Å². The van der Waals surface area contributed by atoms with Crippen molar-refractivity contribution in [1.82, 2.24) is 29.1 Å². The lowest BCUT2D eigenvalue weighted by molar-refractivity contribution is 0.269. The van der Waals surface area contributed by atoms with Gasteiger partial charge in [-0.25, -0.2) is 9.07 Å². The van der Waals surface area contributed by atoms with Crippen molar-refractivity contribution in [3.05, 3.63) is 107 Å². The third-order valence-electron chi connectivity index (χ3n) is 6.72. The van der Waals surface area contributed by atoms with Gasteiger partial charge in [-0.15, -0.1) is 0 Å². The average molecular weight is 509 g/mol. The van der Waals surface area contributed by atoms with E-state index < -0.39 is 0 Å². The molecule has 0 fully saturated rings. The molecule has 2 aromatic carbocycles. The quantitative estimate of drug-likeness (QED) is 0.348. The highest BCUT2D eigenvalue weighted by atomic mass is 19.1. The summed E-state index contributed by atoms with van der Waals surface area (Å²) in [6.45, 7) is 2.83.